The third-order valence-electron chi connectivity index (χ3n) is 4.33. The number of hydrogen-bond acceptors (Lipinski definition) is 5. The van der Waals surface area contributed by atoms with Crippen LogP contribution in [0.1, 0.15) is 21.8 Å². The van der Waals surface area contributed by atoms with Gasteiger partial charge in [0.1, 0.15) is 5.01 Å². The third-order valence-corrected chi connectivity index (χ3v) is 5.27. The molecule has 2 N–H and O–H groups in total. The quantitative estimate of drug-likeness (QED) is 0.463. The number of nitrogens with one attached hydrogen (secondary N) is 2. The van der Waals surface area contributed by atoms with E-state index in [1.807, 2.05) is 53.9 Å². The standard InChI is InChI=1S/C23H19N3O3S/c27-21(13-19-15-30-23(26-19)17-7-2-1-3-8-17)24-14-16-6-4-9-18(12-16)25-22(28)20-10-5-11-29-20/h1-12,15H,13-14H2,(H,24,27)(H,25,28). The lowest BCUT2D eigenvalue weighted by atomic mass is 10.2. The van der Waals surface area contributed by atoms with E-state index in [0.717, 1.165) is 21.8 Å². The number of furan rings is 1. The summed E-state index contributed by atoms with van der Waals surface area (Å²) in [5.41, 5.74) is 3.30. The van der Waals surface area contributed by atoms with E-state index >= 15 is 0 Å². The fraction of sp³-hybridized carbons (Fsp3) is 0.0870. The molecule has 0 unspecified atom stereocenters. The molecule has 0 bridgehead atoms. The number of anilines is 1. The zero-order chi connectivity index (χ0) is 20.8. The predicted octanol–water partition coefficient (Wildman–Crippen LogP) is 4.51. The lowest BCUT2D eigenvalue weighted by Crippen LogP contribution is -2.24. The van der Waals surface area contributed by atoms with Gasteiger partial charge >= 0.3 is 0 Å². The Balaban J connectivity index is 1.31. The highest BCUT2D eigenvalue weighted by Gasteiger charge is 2.11. The van der Waals surface area contributed by atoms with Gasteiger partial charge < -0.3 is 15.1 Å². The predicted molar refractivity (Wildman–Crippen MR) is 116 cm³/mol. The van der Waals surface area contributed by atoms with Gasteiger partial charge in [0.2, 0.25) is 5.91 Å². The van der Waals surface area contributed by atoms with Crippen LogP contribution in [0, 0.1) is 0 Å². The summed E-state index contributed by atoms with van der Waals surface area (Å²) in [6, 6.07) is 20.5. The monoisotopic (exact) mass is 417 g/mol. The molecule has 150 valence electrons. The molecule has 4 aromatic rings. The number of rotatable bonds is 7. The Morgan fingerprint density at radius 1 is 1.00 bits per heavy atom. The topological polar surface area (TPSA) is 84.2 Å². The fourth-order valence-corrected chi connectivity index (χ4v) is 3.71. The maximum atomic E-state index is 12.3. The van der Waals surface area contributed by atoms with E-state index in [4.69, 9.17) is 4.42 Å². The van der Waals surface area contributed by atoms with Crippen molar-refractivity contribution in [2.75, 3.05) is 5.32 Å². The van der Waals surface area contributed by atoms with Crippen molar-refractivity contribution in [1.82, 2.24) is 10.3 Å². The summed E-state index contributed by atoms with van der Waals surface area (Å²) in [5.74, 6) is -0.185. The number of thiazole rings is 1. The summed E-state index contributed by atoms with van der Waals surface area (Å²) in [4.78, 5) is 28.9. The Bertz CT molecular complexity index is 1140. The summed E-state index contributed by atoms with van der Waals surface area (Å²) in [7, 11) is 0. The maximum Gasteiger partial charge on any atom is 0.291 e. The number of carbonyl (C=O) groups excluding carboxylic acids is 2. The second kappa shape index (κ2) is 9.19. The van der Waals surface area contributed by atoms with Crippen LogP contribution in [-0.4, -0.2) is 16.8 Å². The lowest BCUT2D eigenvalue weighted by molar-refractivity contribution is -0.120. The molecule has 0 spiro atoms. The number of carbonyl (C=O) groups is 2. The van der Waals surface area contributed by atoms with Crippen molar-refractivity contribution < 1.29 is 14.0 Å². The molecule has 4 rings (SSSR count). The van der Waals surface area contributed by atoms with Crippen LogP contribution in [0.15, 0.2) is 82.8 Å². The smallest absolute Gasteiger partial charge is 0.291 e. The van der Waals surface area contributed by atoms with Crippen molar-refractivity contribution >= 4 is 28.8 Å². The molecule has 2 aromatic heterocycles. The van der Waals surface area contributed by atoms with Gasteiger partial charge in [-0.1, -0.05) is 42.5 Å². The van der Waals surface area contributed by atoms with Gasteiger partial charge in [-0.3, -0.25) is 9.59 Å². The molecule has 2 heterocycles. The fourth-order valence-electron chi connectivity index (χ4n) is 2.89. The Kier molecular flexibility index (Phi) is 6.01. The minimum atomic E-state index is -0.320. The van der Waals surface area contributed by atoms with Gasteiger partial charge in [0.25, 0.3) is 5.91 Å². The van der Waals surface area contributed by atoms with Gasteiger partial charge in [0, 0.05) is 23.2 Å². The SMILES string of the molecule is O=C(Cc1csc(-c2ccccc2)n1)NCc1cccc(NC(=O)c2ccco2)c1. The minimum absolute atomic E-state index is 0.107. The molecule has 2 amide bonds. The van der Waals surface area contributed by atoms with Crippen LogP contribution in [0.2, 0.25) is 0 Å². The summed E-state index contributed by atoms with van der Waals surface area (Å²) >= 11 is 1.53. The number of amides is 2. The Morgan fingerprint density at radius 3 is 2.67 bits per heavy atom. The van der Waals surface area contributed by atoms with Crippen molar-refractivity contribution in [3.8, 4) is 10.6 Å². The van der Waals surface area contributed by atoms with Crippen LogP contribution in [0.25, 0.3) is 10.6 Å². The molecular weight excluding hydrogens is 398 g/mol. The number of aromatic nitrogens is 1. The van der Waals surface area contributed by atoms with Crippen LogP contribution in [0.3, 0.4) is 0 Å². The summed E-state index contributed by atoms with van der Waals surface area (Å²) in [6.07, 6.45) is 1.67. The number of hydrogen-bond donors (Lipinski definition) is 2. The van der Waals surface area contributed by atoms with Crippen LogP contribution in [0.4, 0.5) is 5.69 Å². The van der Waals surface area contributed by atoms with Gasteiger partial charge in [0.15, 0.2) is 5.76 Å². The molecule has 6 nitrogen and oxygen atoms in total. The number of benzene rings is 2. The highest BCUT2D eigenvalue weighted by Crippen LogP contribution is 2.23. The van der Waals surface area contributed by atoms with Crippen molar-refractivity contribution in [2.24, 2.45) is 0 Å². The van der Waals surface area contributed by atoms with E-state index in [1.165, 1.54) is 17.6 Å². The van der Waals surface area contributed by atoms with Gasteiger partial charge in [0.05, 0.1) is 18.4 Å². The molecule has 7 heteroatoms. The van der Waals surface area contributed by atoms with Crippen molar-refractivity contribution in [3.05, 3.63) is 95.4 Å². The Hall–Kier alpha value is -3.71. The zero-order valence-electron chi connectivity index (χ0n) is 16.0. The molecule has 0 aliphatic carbocycles. The molecule has 0 saturated carbocycles. The first-order valence-corrected chi connectivity index (χ1v) is 10.3. The van der Waals surface area contributed by atoms with Crippen LogP contribution in [0.5, 0.6) is 0 Å². The molecule has 0 aliphatic rings. The van der Waals surface area contributed by atoms with Crippen LogP contribution >= 0.6 is 11.3 Å². The molecule has 0 atom stereocenters. The average molecular weight is 417 g/mol. The lowest BCUT2D eigenvalue weighted by Gasteiger charge is -2.08. The summed E-state index contributed by atoms with van der Waals surface area (Å²) in [5, 5.41) is 8.49. The van der Waals surface area contributed by atoms with E-state index in [2.05, 4.69) is 15.6 Å². The van der Waals surface area contributed by atoms with E-state index in [9.17, 15) is 9.59 Å². The van der Waals surface area contributed by atoms with Crippen molar-refractivity contribution in [1.29, 1.82) is 0 Å². The van der Waals surface area contributed by atoms with Gasteiger partial charge in [-0.05, 0) is 29.8 Å². The highest BCUT2D eigenvalue weighted by atomic mass is 32.1. The first kappa shape index (κ1) is 19.6. The van der Waals surface area contributed by atoms with Crippen LogP contribution < -0.4 is 10.6 Å². The van der Waals surface area contributed by atoms with Gasteiger partial charge in [-0.15, -0.1) is 11.3 Å². The highest BCUT2D eigenvalue weighted by molar-refractivity contribution is 7.13. The van der Waals surface area contributed by atoms with E-state index < -0.39 is 0 Å². The van der Waals surface area contributed by atoms with E-state index in [1.54, 1.807) is 18.2 Å². The molecule has 2 aromatic carbocycles. The largest absolute Gasteiger partial charge is 0.459 e. The van der Waals surface area contributed by atoms with Crippen molar-refractivity contribution in [3.63, 3.8) is 0 Å². The first-order chi connectivity index (χ1) is 14.7. The zero-order valence-corrected chi connectivity index (χ0v) is 16.8. The second-order valence-corrected chi connectivity index (χ2v) is 7.45. The summed E-state index contributed by atoms with van der Waals surface area (Å²) < 4.78 is 5.09. The average Bonchev–Trinajstić information content (AvgIpc) is 3.46. The second-order valence-electron chi connectivity index (χ2n) is 6.60. The third kappa shape index (κ3) is 5.01. The Morgan fingerprint density at radius 2 is 1.87 bits per heavy atom. The molecule has 0 aliphatic heterocycles. The van der Waals surface area contributed by atoms with Gasteiger partial charge in [-0.2, -0.15) is 0 Å². The normalized spacial score (nSPS) is 10.5. The Labute approximate surface area is 177 Å². The summed E-state index contributed by atoms with van der Waals surface area (Å²) in [6.45, 7) is 0.360. The molecule has 0 saturated heterocycles. The number of nitrogens with zero attached hydrogens (tertiary/aromatic N) is 1. The molecule has 0 radical (unpaired) electrons. The van der Waals surface area contributed by atoms with E-state index in [0.29, 0.717) is 12.2 Å². The molecule has 0 fully saturated rings. The molecule has 30 heavy (non-hydrogen) atoms. The first-order valence-electron chi connectivity index (χ1n) is 9.38. The van der Waals surface area contributed by atoms with Crippen molar-refractivity contribution in [2.45, 2.75) is 13.0 Å². The molecular formula is C23H19N3O3S. The van der Waals surface area contributed by atoms with Gasteiger partial charge in [-0.25, -0.2) is 4.98 Å². The minimum Gasteiger partial charge on any atom is -0.459 e. The van der Waals surface area contributed by atoms with Crippen LogP contribution in [-0.2, 0) is 17.8 Å². The maximum absolute atomic E-state index is 12.3. The van der Waals surface area contributed by atoms with E-state index in [-0.39, 0.29) is 24.0 Å².